The number of aryl methyl sites for hydroxylation is 2. The third-order valence-electron chi connectivity index (χ3n) is 3.40. The van der Waals surface area contributed by atoms with E-state index in [0.29, 0.717) is 6.54 Å². The molecule has 1 heterocycles. The van der Waals surface area contributed by atoms with E-state index in [4.69, 9.17) is 0 Å². The fourth-order valence-corrected chi connectivity index (χ4v) is 3.15. The molecule has 0 fully saturated rings. The van der Waals surface area contributed by atoms with E-state index < -0.39 is 6.61 Å². The molecule has 2 aromatic rings. The van der Waals surface area contributed by atoms with Gasteiger partial charge in [0, 0.05) is 27.9 Å². The quantitative estimate of drug-likeness (QED) is 0.826. The zero-order valence-electron chi connectivity index (χ0n) is 12.3. The van der Waals surface area contributed by atoms with Gasteiger partial charge in [-0.2, -0.15) is 8.78 Å². The lowest BCUT2D eigenvalue weighted by molar-refractivity contribution is -0.0506. The minimum Gasteiger partial charge on any atom is -0.434 e. The number of hydrogen-bond donors (Lipinski definition) is 1. The van der Waals surface area contributed by atoms with Crippen molar-refractivity contribution in [1.29, 1.82) is 0 Å². The number of rotatable bonds is 6. The van der Waals surface area contributed by atoms with Gasteiger partial charge < -0.3 is 10.1 Å². The van der Waals surface area contributed by atoms with Gasteiger partial charge in [0.25, 0.3) is 0 Å². The average molecular weight is 311 g/mol. The van der Waals surface area contributed by atoms with Gasteiger partial charge in [-0.3, -0.25) is 0 Å². The largest absolute Gasteiger partial charge is 0.434 e. The highest BCUT2D eigenvalue weighted by atomic mass is 32.1. The number of nitrogens with one attached hydrogen (secondary N) is 1. The van der Waals surface area contributed by atoms with Crippen molar-refractivity contribution in [2.24, 2.45) is 0 Å². The molecule has 1 N–H and O–H groups in total. The molecule has 0 radical (unpaired) electrons. The number of hydrogen-bond acceptors (Lipinski definition) is 3. The summed E-state index contributed by atoms with van der Waals surface area (Å²) in [7, 11) is 0. The van der Waals surface area contributed by atoms with Crippen LogP contribution in [0.4, 0.5) is 8.78 Å². The summed E-state index contributed by atoms with van der Waals surface area (Å²) in [6, 6.07) is 8.98. The van der Waals surface area contributed by atoms with Crippen molar-refractivity contribution in [3.8, 4) is 5.75 Å². The maximum atomic E-state index is 12.4. The molecule has 0 bridgehead atoms. The van der Waals surface area contributed by atoms with Crippen LogP contribution < -0.4 is 10.1 Å². The highest BCUT2D eigenvalue weighted by molar-refractivity contribution is 7.12. The first-order valence-electron chi connectivity index (χ1n) is 6.80. The van der Waals surface area contributed by atoms with Crippen LogP contribution in [-0.2, 0) is 6.54 Å². The van der Waals surface area contributed by atoms with E-state index in [-0.39, 0.29) is 11.8 Å². The number of benzene rings is 1. The molecule has 0 amide bonds. The smallest absolute Gasteiger partial charge is 0.387 e. The molecule has 1 unspecified atom stereocenters. The molecule has 0 spiro atoms. The van der Waals surface area contributed by atoms with Crippen molar-refractivity contribution < 1.29 is 13.5 Å². The topological polar surface area (TPSA) is 21.3 Å². The van der Waals surface area contributed by atoms with Gasteiger partial charge in [0.1, 0.15) is 5.75 Å². The lowest BCUT2D eigenvalue weighted by Crippen LogP contribution is -2.19. The highest BCUT2D eigenvalue weighted by Crippen LogP contribution is 2.27. The van der Waals surface area contributed by atoms with Gasteiger partial charge in [-0.1, -0.05) is 18.2 Å². The van der Waals surface area contributed by atoms with E-state index in [1.165, 1.54) is 15.3 Å². The van der Waals surface area contributed by atoms with Crippen LogP contribution in [0.15, 0.2) is 30.3 Å². The van der Waals surface area contributed by atoms with Crippen LogP contribution >= 0.6 is 11.3 Å². The molecular formula is C16H19F2NOS. The van der Waals surface area contributed by atoms with Crippen molar-refractivity contribution >= 4 is 11.3 Å². The van der Waals surface area contributed by atoms with Crippen molar-refractivity contribution in [2.75, 3.05) is 0 Å². The summed E-state index contributed by atoms with van der Waals surface area (Å²) in [5.41, 5.74) is 2.02. The molecule has 1 atom stereocenters. The Morgan fingerprint density at radius 2 is 1.95 bits per heavy atom. The fourth-order valence-electron chi connectivity index (χ4n) is 2.14. The second-order valence-corrected chi connectivity index (χ2v) is 6.31. The van der Waals surface area contributed by atoms with Gasteiger partial charge in [0.2, 0.25) is 0 Å². The molecule has 21 heavy (non-hydrogen) atoms. The van der Waals surface area contributed by atoms with Crippen LogP contribution in [0.2, 0.25) is 0 Å². The third-order valence-corrected chi connectivity index (χ3v) is 4.55. The van der Waals surface area contributed by atoms with E-state index in [1.807, 2.05) is 13.0 Å². The summed E-state index contributed by atoms with van der Waals surface area (Å²) in [5.74, 6) is 0.228. The molecule has 0 saturated heterocycles. The third kappa shape index (κ3) is 4.25. The number of thiophene rings is 1. The average Bonchev–Trinajstić information content (AvgIpc) is 2.75. The summed E-state index contributed by atoms with van der Waals surface area (Å²) in [6.07, 6.45) is 0. The Balaban J connectivity index is 2.04. The van der Waals surface area contributed by atoms with Crippen LogP contribution in [0, 0.1) is 13.8 Å². The van der Waals surface area contributed by atoms with Gasteiger partial charge in [0.15, 0.2) is 0 Å². The van der Waals surface area contributed by atoms with Crippen LogP contribution in [0.1, 0.15) is 33.8 Å². The van der Waals surface area contributed by atoms with Gasteiger partial charge in [0.05, 0.1) is 0 Å². The number of ether oxygens (including phenoxy) is 1. The molecule has 2 rings (SSSR count). The molecule has 1 aromatic heterocycles. The predicted molar refractivity (Wildman–Crippen MR) is 82.1 cm³/mol. The van der Waals surface area contributed by atoms with E-state index in [2.05, 4.69) is 30.0 Å². The summed E-state index contributed by atoms with van der Waals surface area (Å²) < 4.78 is 29.4. The Hall–Kier alpha value is -1.46. The molecule has 0 aliphatic carbocycles. The zero-order valence-corrected chi connectivity index (χ0v) is 13.1. The molecular weight excluding hydrogens is 292 g/mol. The van der Waals surface area contributed by atoms with Gasteiger partial charge in [-0.25, -0.2) is 0 Å². The second-order valence-electron chi connectivity index (χ2n) is 4.97. The number of para-hydroxylation sites is 1. The fraction of sp³-hybridized carbons (Fsp3) is 0.375. The van der Waals surface area contributed by atoms with Crippen molar-refractivity contribution in [3.05, 3.63) is 51.2 Å². The lowest BCUT2D eigenvalue weighted by atomic mass is 10.1. The lowest BCUT2D eigenvalue weighted by Gasteiger charge is -2.17. The zero-order chi connectivity index (χ0) is 15.4. The SMILES string of the molecule is Cc1cc(CNC(C)c2ccccc2OC(F)F)sc1C. The van der Waals surface area contributed by atoms with Gasteiger partial charge >= 0.3 is 6.61 Å². The summed E-state index contributed by atoms with van der Waals surface area (Å²) in [5, 5.41) is 3.35. The Kier molecular flexibility index (Phi) is 5.31. The Morgan fingerprint density at radius 1 is 1.24 bits per heavy atom. The van der Waals surface area contributed by atoms with E-state index >= 15 is 0 Å². The minimum absolute atomic E-state index is 0.0670. The Bertz CT molecular complexity index is 578. The first kappa shape index (κ1) is 15.9. The predicted octanol–water partition coefficient (Wildman–Crippen LogP) is 4.82. The summed E-state index contributed by atoms with van der Waals surface area (Å²) >= 11 is 1.75. The standard InChI is InChI=1S/C16H19F2NOS/c1-10-8-13(21-12(10)3)9-19-11(2)14-6-4-5-7-15(14)20-16(17)18/h4-8,11,16,19H,9H2,1-3H3. The molecule has 114 valence electrons. The Labute approximate surface area is 127 Å². The maximum Gasteiger partial charge on any atom is 0.387 e. The molecule has 0 aliphatic rings. The van der Waals surface area contributed by atoms with E-state index in [1.54, 1.807) is 29.5 Å². The van der Waals surface area contributed by atoms with Crippen molar-refractivity contribution in [2.45, 2.75) is 40.0 Å². The van der Waals surface area contributed by atoms with Crippen molar-refractivity contribution in [1.82, 2.24) is 5.32 Å². The minimum atomic E-state index is -2.80. The number of halogens is 2. The van der Waals surface area contributed by atoms with Crippen LogP contribution in [0.3, 0.4) is 0 Å². The van der Waals surface area contributed by atoms with E-state index in [0.717, 1.165) is 5.56 Å². The van der Waals surface area contributed by atoms with Crippen molar-refractivity contribution in [3.63, 3.8) is 0 Å². The van der Waals surface area contributed by atoms with Gasteiger partial charge in [-0.05, 0) is 38.5 Å². The first-order valence-corrected chi connectivity index (χ1v) is 7.62. The summed E-state index contributed by atoms with van der Waals surface area (Å²) in [4.78, 5) is 2.55. The Morgan fingerprint density at radius 3 is 2.57 bits per heavy atom. The van der Waals surface area contributed by atoms with Crippen LogP contribution in [-0.4, -0.2) is 6.61 Å². The maximum absolute atomic E-state index is 12.4. The molecule has 5 heteroatoms. The second kappa shape index (κ2) is 7.00. The van der Waals surface area contributed by atoms with E-state index in [9.17, 15) is 8.78 Å². The number of alkyl halides is 2. The highest BCUT2D eigenvalue weighted by Gasteiger charge is 2.14. The monoisotopic (exact) mass is 311 g/mol. The first-order chi connectivity index (χ1) is 9.97. The molecule has 1 aromatic carbocycles. The molecule has 0 saturated carbocycles. The summed E-state index contributed by atoms with van der Waals surface area (Å²) in [6.45, 7) is 4.04. The van der Waals surface area contributed by atoms with Gasteiger partial charge in [-0.15, -0.1) is 11.3 Å². The molecule has 0 aliphatic heterocycles. The normalized spacial score (nSPS) is 12.7. The van der Waals surface area contributed by atoms with Crippen LogP contribution in [0.25, 0.3) is 0 Å². The van der Waals surface area contributed by atoms with Crippen LogP contribution in [0.5, 0.6) is 5.75 Å². The molecule has 2 nitrogen and oxygen atoms in total.